The summed E-state index contributed by atoms with van der Waals surface area (Å²) in [5.41, 5.74) is 11.1. The highest BCUT2D eigenvalue weighted by atomic mass is 15.2. The predicted molar refractivity (Wildman–Crippen MR) is 55.8 cm³/mol. The summed E-state index contributed by atoms with van der Waals surface area (Å²) in [5, 5.41) is 0. The molecule has 5 nitrogen and oxygen atoms in total. The van der Waals surface area contributed by atoms with E-state index in [9.17, 15) is 0 Å². The zero-order chi connectivity index (χ0) is 9.97. The van der Waals surface area contributed by atoms with Gasteiger partial charge in [-0.3, -0.25) is 0 Å². The third-order valence-corrected chi connectivity index (χ3v) is 2.60. The normalized spacial score (nSPS) is 21.5. The second-order valence-corrected chi connectivity index (χ2v) is 3.61. The summed E-state index contributed by atoms with van der Waals surface area (Å²) in [4.78, 5) is 10.2. The molecule has 0 aliphatic carbocycles. The van der Waals surface area contributed by atoms with Gasteiger partial charge in [0.2, 0.25) is 5.95 Å². The maximum Gasteiger partial charge on any atom is 0.221 e. The van der Waals surface area contributed by atoms with Gasteiger partial charge in [-0.15, -0.1) is 0 Å². The lowest BCUT2D eigenvalue weighted by molar-refractivity contribution is 0.602. The molecule has 0 bridgehead atoms. The van der Waals surface area contributed by atoms with Crippen LogP contribution in [-0.2, 0) is 0 Å². The molecule has 1 unspecified atom stereocenters. The fourth-order valence-corrected chi connectivity index (χ4v) is 1.77. The smallest absolute Gasteiger partial charge is 0.221 e. The van der Waals surface area contributed by atoms with Crippen LogP contribution in [0.3, 0.4) is 0 Å². The summed E-state index contributed by atoms with van der Waals surface area (Å²) in [7, 11) is 0. The van der Waals surface area contributed by atoms with E-state index in [0.29, 0.717) is 11.9 Å². The number of nitrogens with two attached hydrogens (primary N) is 2. The third-order valence-electron chi connectivity index (χ3n) is 2.60. The van der Waals surface area contributed by atoms with Crippen molar-refractivity contribution in [3.8, 4) is 0 Å². The standard InChI is InChI=1S/C9H15N5/c10-5-7-2-4-14(6-7)8-1-3-12-9(11)13-8/h1,3,7H,2,4-6,10H2,(H2,11,12,13). The van der Waals surface area contributed by atoms with Crippen molar-refractivity contribution in [2.75, 3.05) is 30.3 Å². The van der Waals surface area contributed by atoms with Crippen molar-refractivity contribution in [2.24, 2.45) is 11.7 Å². The van der Waals surface area contributed by atoms with Gasteiger partial charge in [0.15, 0.2) is 0 Å². The fraction of sp³-hybridized carbons (Fsp3) is 0.556. The van der Waals surface area contributed by atoms with Crippen LogP contribution >= 0.6 is 0 Å². The average Bonchev–Trinajstić information content (AvgIpc) is 2.66. The lowest BCUT2D eigenvalue weighted by Gasteiger charge is -2.16. The first-order valence-corrected chi connectivity index (χ1v) is 4.83. The first kappa shape index (κ1) is 9.21. The van der Waals surface area contributed by atoms with Gasteiger partial charge in [-0.25, -0.2) is 4.98 Å². The van der Waals surface area contributed by atoms with Gasteiger partial charge in [-0.2, -0.15) is 4.98 Å². The van der Waals surface area contributed by atoms with Gasteiger partial charge in [0.25, 0.3) is 0 Å². The van der Waals surface area contributed by atoms with Crippen molar-refractivity contribution in [3.05, 3.63) is 12.3 Å². The molecule has 14 heavy (non-hydrogen) atoms. The largest absolute Gasteiger partial charge is 0.368 e. The molecule has 2 rings (SSSR count). The molecule has 1 atom stereocenters. The number of nitrogens with zero attached hydrogens (tertiary/aromatic N) is 3. The summed E-state index contributed by atoms with van der Waals surface area (Å²) >= 11 is 0. The van der Waals surface area contributed by atoms with Gasteiger partial charge in [0.1, 0.15) is 5.82 Å². The van der Waals surface area contributed by atoms with Crippen molar-refractivity contribution < 1.29 is 0 Å². The Kier molecular flexibility index (Phi) is 2.49. The molecule has 0 aromatic carbocycles. The van der Waals surface area contributed by atoms with Crippen molar-refractivity contribution in [3.63, 3.8) is 0 Å². The van der Waals surface area contributed by atoms with E-state index in [1.54, 1.807) is 6.20 Å². The average molecular weight is 193 g/mol. The second-order valence-electron chi connectivity index (χ2n) is 3.61. The Bertz CT molecular complexity index is 314. The maximum atomic E-state index is 5.62. The minimum Gasteiger partial charge on any atom is -0.368 e. The quantitative estimate of drug-likeness (QED) is 0.682. The molecule has 2 heterocycles. The van der Waals surface area contributed by atoms with Crippen LogP contribution in [0.15, 0.2) is 12.3 Å². The Morgan fingerprint density at radius 3 is 3.07 bits per heavy atom. The SMILES string of the molecule is NCC1CCN(c2ccnc(N)n2)C1. The topological polar surface area (TPSA) is 81.1 Å². The van der Waals surface area contributed by atoms with Crippen LogP contribution in [0, 0.1) is 5.92 Å². The molecule has 5 heteroatoms. The van der Waals surface area contributed by atoms with Gasteiger partial charge < -0.3 is 16.4 Å². The summed E-state index contributed by atoms with van der Waals surface area (Å²) < 4.78 is 0. The molecular formula is C9H15N5. The molecule has 1 aromatic heterocycles. The molecule has 1 aliphatic rings. The van der Waals surface area contributed by atoms with Crippen LogP contribution in [0.1, 0.15) is 6.42 Å². The van der Waals surface area contributed by atoms with Crippen molar-refractivity contribution in [1.29, 1.82) is 0 Å². The number of aromatic nitrogens is 2. The van der Waals surface area contributed by atoms with Gasteiger partial charge in [-0.1, -0.05) is 0 Å². The second kappa shape index (κ2) is 3.79. The predicted octanol–water partition coefficient (Wildman–Crippen LogP) is -0.156. The number of anilines is 2. The Morgan fingerprint density at radius 2 is 2.43 bits per heavy atom. The van der Waals surface area contributed by atoms with Crippen molar-refractivity contribution >= 4 is 11.8 Å². The molecule has 0 radical (unpaired) electrons. The summed E-state index contributed by atoms with van der Waals surface area (Å²) in [5.74, 6) is 1.83. The highest BCUT2D eigenvalue weighted by Crippen LogP contribution is 2.21. The van der Waals surface area contributed by atoms with E-state index < -0.39 is 0 Å². The monoisotopic (exact) mass is 193 g/mol. The third kappa shape index (κ3) is 1.77. The Balaban J connectivity index is 2.09. The molecular weight excluding hydrogens is 178 g/mol. The first-order valence-electron chi connectivity index (χ1n) is 4.83. The lowest BCUT2D eigenvalue weighted by Crippen LogP contribution is -2.23. The van der Waals surface area contributed by atoms with E-state index in [-0.39, 0.29) is 0 Å². The van der Waals surface area contributed by atoms with Crippen LogP contribution in [0.25, 0.3) is 0 Å². The molecule has 1 aliphatic heterocycles. The van der Waals surface area contributed by atoms with Crippen molar-refractivity contribution in [2.45, 2.75) is 6.42 Å². The molecule has 1 saturated heterocycles. The fourth-order valence-electron chi connectivity index (χ4n) is 1.77. The van der Waals surface area contributed by atoms with E-state index in [1.807, 2.05) is 6.07 Å². The van der Waals surface area contributed by atoms with E-state index in [0.717, 1.165) is 31.9 Å². The molecule has 4 N–H and O–H groups in total. The Labute approximate surface area is 83.1 Å². The van der Waals surface area contributed by atoms with E-state index >= 15 is 0 Å². The van der Waals surface area contributed by atoms with Gasteiger partial charge in [0.05, 0.1) is 0 Å². The van der Waals surface area contributed by atoms with E-state index in [2.05, 4.69) is 14.9 Å². The number of hydrogen-bond donors (Lipinski definition) is 2. The van der Waals surface area contributed by atoms with Crippen LogP contribution < -0.4 is 16.4 Å². The van der Waals surface area contributed by atoms with Gasteiger partial charge >= 0.3 is 0 Å². The Morgan fingerprint density at radius 1 is 1.57 bits per heavy atom. The highest BCUT2D eigenvalue weighted by molar-refractivity contribution is 5.41. The summed E-state index contributed by atoms with van der Waals surface area (Å²) in [6.07, 6.45) is 2.83. The van der Waals surface area contributed by atoms with Crippen LogP contribution in [0.4, 0.5) is 11.8 Å². The van der Waals surface area contributed by atoms with Crippen LogP contribution in [0.5, 0.6) is 0 Å². The summed E-state index contributed by atoms with van der Waals surface area (Å²) in [6.45, 7) is 2.74. The maximum absolute atomic E-state index is 5.62. The number of nitrogen functional groups attached to an aromatic ring is 1. The molecule has 1 fully saturated rings. The number of rotatable bonds is 2. The zero-order valence-corrected chi connectivity index (χ0v) is 8.06. The molecule has 76 valence electrons. The van der Waals surface area contributed by atoms with E-state index in [1.165, 1.54) is 0 Å². The van der Waals surface area contributed by atoms with Crippen molar-refractivity contribution in [1.82, 2.24) is 9.97 Å². The first-order chi connectivity index (χ1) is 6.79. The molecule has 0 spiro atoms. The molecule has 1 aromatic rings. The van der Waals surface area contributed by atoms with Gasteiger partial charge in [-0.05, 0) is 24.9 Å². The lowest BCUT2D eigenvalue weighted by atomic mass is 10.1. The van der Waals surface area contributed by atoms with Crippen LogP contribution in [0.2, 0.25) is 0 Å². The summed E-state index contributed by atoms with van der Waals surface area (Å²) in [6, 6.07) is 1.88. The van der Waals surface area contributed by atoms with Gasteiger partial charge in [0, 0.05) is 19.3 Å². The number of hydrogen-bond acceptors (Lipinski definition) is 5. The molecule has 0 saturated carbocycles. The van der Waals surface area contributed by atoms with E-state index in [4.69, 9.17) is 11.5 Å². The molecule has 0 amide bonds. The minimum atomic E-state index is 0.332. The Hall–Kier alpha value is -1.36. The van der Waals surface area contributed by atoms with Crippen LogP contribution in [-0.4, -0.2) is 29.6 Å². The highest BCUT2D eigenvalue weighted by Gasteiger charge is 2.22. The minimum absolute atomic E-state index is 0.332. The zero-order valence-electron chi connectivity index (χ0n) is 8.06.